The van der Waals surface area contributed by atoms with Gasteiger partial charge in [0.25, 0.3) is 0 Å². The highest BCUT2D eigenvalue weighted by Crippen LogP contribution is 2.23. The molecule has 0 aliphatic rings. The molecule has 0 saturated heterocycles. The van der Waals surface area contributed by atoms with Crippen molar-refractivity contribution in [2.45, 2.75) is 6.92 Å². The molecule has 1 aromatic carbocycles. The number of ether oxygens (including phenoxy) is 1. The van der Waals surface area contributed by atoms with E-state index < -0.39 is 0 Å². The first-order valence-corrected chi connectivity index (χ1v) is 7.27. The van der Waals surface area contributed by atoms with Crippen LogP contribution < -0.4 is 10.6 Å². The second-order valence-corrected chi connectivity index (χ2v) is 5.34. The van der Waals surface area contributed by atoms with E-state index in [0.717, 1.165) is 11.3 Å². The van der Waals surface area contributed by atoms with Gasteiger partial charge in [-0.1, -0.05) is 17.7 Å². The molecule has 0 unspecified atom stereocenters. The van der Waals surface area contributed by atoms with Crippen molar-refractivity contribution in [1.29, 1.82) is 0 Å². The van der Waals surface area contributed by atoms with E-state index >= 15 is 0 Å². The van der Waals surface area contributed by atoms with Crippen LogP contribution in [0.1, 0.15) is 5.56 Å². The van der Waals surface area contributed by atoms with Crippen LogP contribution in [0.4, 0.5) is 5.69 Å². The summed E-state index contributed by atoms with van der Waals surface area (Å²) in [5.41, 5.74) is 1.75. The molecule has 0 atom stereocenters. The van der Waals surface area contributed by atoms with Crippen molar-refractivity contribution in [3.63, 3.8) is 0 Å². The normalized spacial score (nSPS) is 10.1. The van der Waals surface area contributed by atoms with Gasteiger partial charge in [-0.15, -0.1) is 0 Å². The maximum absolute atomic E-state index is 11.7. The predicted octanol–water partition coefficient (Wildman–Crippen LogP) is 2.04. The maximum Gasteiger partial charge on any atom is 0.239 e. The topological polar surface area (TPSA) is 53.6 Å². The number of nitrogens with one attached hydrogen (secondary N) is 2. The smallest absolute Gasteiger partial charge is 0.239 e. The fourth-order valence-electron chi connectivity index (χ4n) is 1.59. The minimum absolute atomic E-state index is 0.110. The molecule has 0 radical (unpaired) electrons. The summed E-state index contributed by atoms with van der Waals surface area (Å²) in [7, 11) is 3.34. The highest BCUT2D eigenvalue weighted by molar-refractivity contribution is 7.80. The van der Waals surface area contributed by atoms with Crippen LogP contribution in [0.2, 0.25) is 5.02 Å². The number of halogens is 1. The van der Waals surface area contributed by atoms with Crippen LogP contribution in [0, 0.1) is 6.92 Å². The number of carbonyl (C=O) groups excluding carboxylic acids is 1. The molecule has 0 aliphatic carbocycles. The molecular weight excluding hydrogens is 310 g/mol. The molecule has 116 valence electrons. The van der Waals surface area contributed by atoms with Crippen molar-refractivity contribution < 1.29 is 9.53 Å². The first kappa shape index (κ1) is 17.7. The standard InChI is InChI=1S/C14H20ClN3O2S/c1-10-11(15)5-4-6-12(10)17-14(21)18(2)9-13(19)16-7-8-20-3/h4-6H,7-9H2,1-3H3,(H,16,19)(H,17,21). The lowest BCUT2D eigenvalue weighted by molar-refractivity contribution is -0.121. The van der Waals surface area contributed by atoms with E-state index in [9.17, 15) is 4.79 Å². The Morgan fingerprint density at radius 3 is 2.86 bits per heavy atom. The monoisotopic (exact) mass is 329 g/mol. The molecule has 1 aromatic rings. The number of benzene rings is 1. The Bertz CT molecular complexity index is 511. The summed E-state index contributed by atoms with van der Waals surface area (Å²) in [6, 6.07) is 5.55. The fraction of sp³-hybridized carbons (Fsp3) is 0.429. The van der Waals surface area contributed by atoms with Crippen molar-refractivity contribution in [3.8, 4) is 0 Å². The number of likely N-dealkylation sites (N-methyl/N-ethyl adjacent to an activating group) is 1. The summed E-state index contributed by atoms with van der Waals surface area (Å²) in [6.45, 7) is 3.05. The van der Waals surface area contributed by atoms with Crippen LogP contribution in [-0.4, -0.2) is 49.8 Å². The van der Waals surface area contributed by atoms with E-state index in [2.05, 4.69) is 10.6 Å². The molecule has 0 fully saturated rings. The average Bonchev–Trinajstić information content (AvgIpc) is 2.44. The highest BCUT2D eigenvalue weighted by Gasteiger charge is 2.11. The van der Waals surface area contributed by atoms with E-state index in [4.69, 9.17) is 28.6 Å². The SMILES string of the molecule is COCCNC(=O)CN(C)C(=S)Nc1cccc(Cl)c1C. The zero-order chi connectivity index (χ0) is 15.8. The van der Waals surface area contributed by atoms with Crippen molar-refractivity contribution in [3.05, 3.63) is 28.8 Å². The maximum atomic E-state index is 11.7. The summed E-state index contributed by atoms with van der Waals surface area (Å²) >= 11 is 11.3. The van der Waals surface area contributed by atoms with E-state index in [1.165, 1.54) is 0 Å². The zero-order valence-electron chi connectivity index (χ0n) is 12.4. The summed E-state index contributed by atoms with van der Waals surface area (Å²) in [6.07, 6.45) is 0. The Kier molecular flexibility index (Phi) is 7.42. The van der Waals surface area contributed by atoms with Gasteiger partial charge >= 0.3 is 0 Å². The number of nitrogens with zero attached hydrogens (tertiary/aromatic N) is 1. The summed E-state index contributed by atoms with van der Waals surface area (Å²) in [5, 5.41) is 6.96. The van der Waals surface area contributed by atoms with Gasteiger partial charge < -0.3 is 20.3 Å². The molecule has 0 spiro atoms. The fourth-order valence-corrected chi connectivity index (χ4v) is 1.94. The molecule has 5 nitrogen and oxygen atoms in total. The Labute approximate surface area is 135 Å². The number of thiocarbonyl (C=S) groups is 1. The average molecular weight is 330 g/mol. The van der Waals surface area contributed by atoms with Crippen molar-refractivity contribution in [1.82, 2.24) is 10.2 Å². The minimum Gasteiger partial charge on any atom is -0.383 e. The lowest BCUT2D eigenvalue weighted by Gasteiger charge is -2.21. The van der Waals surface area contributed by atoms with Crippen LogP contribution in [0.5, 0.6) is 0 Å². The molecule has 0 heterocycles. The Morgan fingerprint density at radius 1 is 1.48 bits per heavy atom. The van der Waals surface area contributed by atoms with Gasteiger partial charge in [0.2, 0.25) is 5.91 Å². The third-order valence-electron chi connectivity index (χ3n) is 2.87. The molecule has 7 heteroatoms. The van der Waals surface area contributed by atoms with E-state index in [0.29, 0.717) is 23.3 Å². The van der Waals surface area contributed by atoms with Gasteiger partial charge in [-0.05, 0) is 36.8 Å². The molecule has 0 saturated carbocycles. The van der Waals surface area contributed by atoms with Crippen LogP contribution in [0.25, 0.3) is 0 Å². The molecule has 1 amide bonds. The van der Waals surface area contributed by atoms with E-state index in [-0.39, 0.29) is 12.5 Å². The van der Waals surface area contributed by atoms with Crippen molar-refractivity contribution in [2.75, 3.05) is 39.2 Å². The third kappa shape index (κ3) is 5.87. The number of rotatable bonds is 6. The molecule has 2 N–H and O–H groups in total. The zero-order valence-corrected chi connectivity index (χ0v) is 14.0. The summed E-state index contributed by atoms with van der Waals surface area (Å²) < 4.78 is 4.87. The number of hydrogen-bond donors (Lipinski definition) is 2. The van der Waals surface area contributed by atoms with Crippen molar-refractivity contribution in [2.24, 2.45) is 0 Å². The molecular formula is C14H20ClN3O2S. The van der Waals surface area contributed by atoms with Gasteiger partial charge in [0.1, 0.15) is 0 Å². The second-order valence-electron chi connectivity index (χ2n) is 4.54. The molecule has 21 heavy (non-hydrogen) atoms. The summed E-state index contributed by atoms with van der Waals surface area (Å²) in [4.78, 5) is 13.4. The first-order valence-electron chi connectivity index (χ1n) is 6.48. The second kappa shape index (κ2) is 8.81. The molecule has 0 aliphatic heterocycles. The molecule has 0 bridgehead atoms. The molecule has 0 aromatic heterocycles. The highest BCUT2D eigenvalue weighted by atomic mass is 35.5. The Balaban J connectivity index is 2.51. The van der Waals surface area contributed by atoms with Crippen molar-refractivity contribution >= 4 is 40.5 Å². The van der Waals surface area contributed by atoms with Gasteiger partial charge in [-0.3, -0.25) is 4.79 Å². The Hall–Kier alpha value is -1.37. The van der Waals surface area contributed by atoms with Gasteiger partial charge in [-0.25, -0.2) is 0 Å². The van der Waals surface area contributed by atoms with Crippen LogP contribution in [0.3, 0.4) is 0 Å². The largest absolute Gasteiger partial charge is 0.383 e. The molecule has 1 rings (SSSR count). The number of carbonyl (C=O) groups is 1. The number of hydrogen-bond acceptors (Lipinski definition) is 3. The number of anilines is 1. The third-order valence-corrected chi connectivity index (χ3v) is 3.69. The quantitative estimate of drug-likeness (QED) is 0.618. The van der Waals surface area contributed by atoms with E-state index in [1.54, 1.807) is 19.1 Å². The summed E-state index contributed by atoms with van der Waals surface area (Å²) in [5.74, 6) is -0.110. The lowest BCUT2D eigenvalue weighted by Crippen LogP contribution is -2.41. The Morgan fingerprint density at radius 2 is 2.19 bits per heavy atom. The number of amides is 1. The van der Waals surface area contributed by atoms with Gasteiger partial charge in [0.05, 0.1) is 13.2 Å². The predicted molar refractivity (Wildman–Crippen MR) is 89.9 cm³/mol. The minimum atomic E-state index is -0.110. The van der Waals surface area contributed by atoms with Crippen LogP contribution in [-0.2, 0) is 9.53 Å². The van der Waals surface area contributed by atoms with Crippen LogP contribution >= 0.6 is 23.8 Å². The van der Waals surface area contributed by atoms with Gasteiger partial charge in [-0.2, -0.15) is 0 Å². The lowest BCUT2D eigenvalue weighted by atomic mass is 10.2. The number of methoxy groups -OCH3 is 1. The van der Waals surface area contributed by atoms with Gasteiger partial charge in [0.15, 0.2) is 5.11 Å². The van der Waals surface area contributed by atoms with Gasteiger partial charge in [0, 0.05) is 31.4 Å². The first-order chi connectivity index (χ1) is 9.95. The van der Waals surface area contributed by atoms with Crippen LogP contribution in [0.15, 0.2) is 18.2 Å². The van der Waals surface area contributed by atoms with E-state index in [1.807, 2.05) is 25.1 Å².